The molecule has 34 heavy (non-hydrogen) atoms. The maximum Gasteiger partial charge on any atom is 0.276 e. The summed E-state index contributed by atoms with van der Waals surface area (Å²) >= 11 is 0. The van der Waals surface area contributed by atoms with Crippen LogP contribution in [-0.2, 0) is 27.6 Å². The van der Waals surface area contributed by atoms with Gasteiger partial charge in [-0.3, -0.25) is 4.79 Å². The molecular weight excluding hydrogens is 466 g/mol. The molecule has 2 aromatic carbocycles. The second kappa shape index (κ2) is 8.90. The zero-order valence-corrected chi connectivity index (χ0v) is 18.9. The molecule has 1 amide bonds. The topological polar surface area (TPSA) is 93.5 Å². The molecule has 1 aliphatic carbocycles. The van der Waals surface area contributed by atoms with Crippen molar-refractivity contribution in [2.45, 2.75) is 24.2 Å². The lowest BCUT2D eigenvalue weighted by atomic mass is 10.2. The molecular formula is C23H22F2N4O4S. The molecule has 0 bridgehead atoms. The Kier molecular flexibility index (Phi) is 5.92. The summed E-state index contributed by atoms with van der Waals surface area (Å²) in [7, 11) is -4.08. The number of carbonyl (C=O) groups is 1. The minimum absolute atomic E-state index is 0.130. The van der Waals surface area contributed by atoms with Crippen LogP contribution in [0.1, 0.15) is 28.2 Å². The summed E-state index contributed by atoms with van der Waals surface area (Å²) in [6.45, 7) is 0.731. The number of carbonyl (C=O) groups excluding carboxylic acids is 1. The van der Waals surface area contributed by atoms with E-state index in [9.17, 15) is 22.0 Å². The zero-order valence-electron chi connectivity index (χ0n) is 18.1. The number of hydrogen-bond acceptors (Lipinski definition) is 5. The van der Waals surface area contributed by atoms with Gasteiger partial charge in [-0.15, -0.1) is 0 Å². The third-order valence-electron chi connectivity index (χ3n) is 5.99. The van der Waals surface area contributed by atoms with Crippen molar-refractivity contribution in [3.05, 3.63) is 71.1 Å². The molecule has 1 aromatic heterocycles. The van der Waals surface area contributed by atoms with E-state index >= 15 is 0 Å². The van der Waals surface area contributed by atoms with E-state index in [4.69, 9.17) is 4.74 Å². The number of halogens is 2. The maximum atomic E-state index is 14.5. The Morgan fingerprint density at radius 3 is 2.50 bits per heavy atom. The summed E-state index contributed by atoms with van der Waals surface area (Å²) < 4.78 is 61.7. The molecule has 178 valence electrons. The number of anilines is 1. The van der Waals surface area contributed by atoms with Gasteiger partial charge in [-0.05, 0) is 61.7 Å². The molecule has 1 saturated heterocycles. The number of nitrogens with zero attached hydrogens (tertiary/aromatic N) is 3. The van der Waals surface area contributed by atoms with Crippen molar-refractivity contribution in [1.82, 2.24) is 14.1 Å². The lowest BCUT2D eigenvalue weighted by Gasteiger charge is -2.26. The molecule has 5 rings (SSSR count). The quantitative estimate of drug-likeness (QED) is 0.596. The molecule has 2 aliphatic rings. The van der Waals surface area contributed by atoms with Gasteiger partial charge >= 0.3 is 0 Å². The van der Waals surface area contributed by atoms with E-state index in [1.165, 1.54) is 18.2 Å². The van der Waals surface area contributed by atoms with Crippen molar-refractivity contribution in [1.29, 1.82) is 0 Å². The highest BCUT2D eigenvalue weighted by Gasteiger charge is 2.30. The van der Waals surface area contributed by atoms with Crippen molar-refractivity contribution in [3.63, 3.8) is 0 Å². The highest BCUT2D eigenvalue weighted by Crippen LogP contribution is 2.29. The fourth-order valence-electron chi connectivity index (χ4n) is 4.31. The van der Waals surface area contributed by atoms with Crippen LogP contribution in [0.4, 0.5) is 14.5 Å². The Morgan fingerprint density at radius 1 is 1.03 bits per heavy atom. The average Bonchev–Trinajstić information content (AvgIpc) is 3.44. The molecule has 1 N–H and O–H groups in total. The number of morpholine rings is 1. The van der Waals surface area contributed by atoms with Gasteiger partial charge < -0.3 is 10.1 Å². The van der Waals surface area contributed by atoms with Crippen molar-refractivity contribution in [3.8, 4) is 5.69 Å². The molecule has 0 unspecified atom stereocenters. The normalized spacial score (nSPS) is 16.4. The molecule has 2 heterocycles. The van der Waals surface area contributed by atoms with Gasteiger partial charge in [0.2, 0.25) is 10.0 Å². The van der Waals surface area contributed by atoms with Gasteiger partial charge in [-0.25, -0.2) is 21.9 Å². The van der Waals surface area contributed by atoms with Crippen LogP contribution in [0.5, 0.6) is 0 Å². The van der Waals surface area contributed by atoms with Crippen LogP contribution >= 0.6 is 0 Å². The molecule has 0 atom stereocenters. The van der Waals surface area contributed by atoms with E-state index in [1.54, 1.807) is 16.8 Å². The second-order valence-electron chi connectivity index (χ2n) is 8.13. The van der Waals surface area contributed by atoms with Gasteiger partial charge in [0, 0.05) is 30.0 Å². The van der Waals surface area contributed by atoms with Crippen LogP contribution in [0.3, 0.4) is 0 Å². The number of fused-ring (bicyclic) bond motifs is 1. The first kappa shape index (κ1) is 22.6. The number of benzene rings is 2. The van der Waals surface area contributed by atoms with E-state index in [0.717, 1.165) is 40.5 Å². The molecule has 0 radical (unpaired) electrons. The van der Waals surface area contributed by atoms with E-state index in [0.29, 0.717) is 12.1 Å². The van der Waals surface area contributed by atoms with Crippen LogP contribution in [0.15, 0.2) is 47.4 Å². The highest BCUT2D eigenvalue weighted by atomic mass is 32.2. The summed E-state index contributed by atoms with van der Waals surface area (Å²) in [5.41, 5.74) is 2.66. The Labute approximate surface area is 195 Å². The first-order valence-corrected chi connectivity index (χ1v) is 12.3. The first-order chi connectivity index (χ1) is 16.3. The minimum Gasteiger partial charge on any atom is -0.379 e. The van der Waals surface area contributed by atoms with Crippen molar-refractivity contribution in [2.24, 2.45) is 0 Å². The molecule has 1 fully saturated rings. The van der Waals surface area contributed by atoms with E-state index in [-0.39, 0.29) is 43.5 Å². The lowest BCUT2D eigenvalue weighted by molar-refractivity contribution is 0.0729. The predicted molar refractivity (Wildman–Crippen MR) is 119 cm³/mol. The first-order valence-electron chi connectivity index (χ1n) is 10.9. The number of amides is 1. The Morgan fingerprint density at radius 2 is 1.76 bits per heavy atom. The van der Waals surface area contributed by atoms with Gasteiger partial charge in [0.15, 0.2) is 5.69 Å². The van der Waals surface area contributed by atoms with Crippen molar-refractivity contribution in [2.75, 3.05) is 31.6 Å². The minimum atomic E-state index is -4.08. The Hall–Kier alpha value is -3.15. The third-order valence-corrected chi connectivity index (χ3v) is 7.91. The van der Waals surface area contributed by atoms with Crippen LogP contribution in [0, 0.1) is 11.6 Å². The number of sulfonamides is 1. The van der Waals surface area contributed by atoms with E-state index in [2.05, 4.69) is 10.4 Å². The van der Waals surface area contributed by atoms with Gasteiger partial charge in [-0.2, -0.15) is 9.40 Å². The Bertz CT molecular complexity index is 1350. The SMILES string of the molecule is O=C(Nc1ccc(F)c(S(=O)(=O)N2CCOCC2)c1)c1nn(-c2ccc(F)cc2)c2c1CCC2. The fraction of sp³-hybridized carbons (Fsp3) is 0.304. The lowest BCUT2D eigenvalue weighted by Crippen LogP contribution is -2.40. The second-order valence-corrected chi connectivity index (χ2v) is 10.0. The van der Waals surface area contributed by atoms with E-state index in [1.807, 2.05) is 0 Å². The molecule has 1 aliphatic heterocycles. The van der Waals surface area contributed by atoms with Crippen LogP contribution in [0.25, 0.3) is 5.69 Å². The summed E-state index contributed by atoms with van der Waals surface area (Å²) in [5.74, 6) is -1.80. The fourth-order valence-corrected chi connectivity index (χ4v) is 5.81. The maximum absolute atomic E-state index is 14.5. The monoisotopic (exact) mass is 488 g/mol. The molecule has 3 aromatic rings. The summed E-state index contributed by atoms with van der Waals surface area (Å²) in [6, 6.07) is 9.28. The zero-order chi connectivity index (χ0) is 23.9. The van der Waals surface area contributed by atoms with Crippen LogP contribution < -0.4 is 5.32 Å². The van der Waals surface area contributed by atoms with E-state index < -0.39 is 26.6 Å². The number of ether oxygens (including phenoxy) is 1. The number of rotatable bonds is 5. The van der Waals surface area contributed by atoms with Crippen LogP contribution in [0.2, 0.25) is 0 Å². The molecule has 0 spiro atoms. The molecule has 8 nitrogen and oxygen atoms in total. The molecule has 0 saturated carbocycles. The van der Waals surface area contributed by atoms with Gasteiger partial charge in [0.05, 0.1) is 18.9 Å². The van der Waals surface area contributed by atoms with Crippen molar-refractivity contribution < 1.29 is 26.7 Å². The largest absolute Gasteiger partial charge is 0.379 e. The Balaban J connectivity index is 1.44. The predicted octanol–water partition coefficient (Wildman–Crippen LogP) is 2.91. The van der Waals surface area contributed by atoms with Gasteiger partial charge in [-0.1, -0.05) is 0 Å². The average molecular weight is 489 g/mol. The summed E-state index contributed by atoms with van der Waals surface area (Å²) in [4.78, 5) is 12.6. The third kappa shape index (κ3) is 4.10. The number of nitrogens with one attached hydrogen (secondary N) is 1. The van der Waals surface area contributed by atoms with Gasteiger partial charge in [0.1, 0.15) is 16.5 Å². The smallest absolute Gasteiger partial charge is 0.276 e. The summed E-state index contributed by atoms with van der Waals surface area (Å²) in [5, 5.41) is 7.11. The van der Waals surface area contributed by atoms with Crippen LogP contribution in [-0.4, -0.2) is 54.7 Å². The standard InChI is InChI=1S/C23H22F2N4O4S/c24-15-4-7-17(8-5-15)29-20-3-1-2-18(20)22(27-29)23(30)26-16-6-9-19(25)21(14-16)34(31,32)28-10-12-33-13-11-28/h4-9,14H,1-3,10-13H2,(H,26,30). The molecule has 11 heteroatoms. The number of hydrogen-bond donors (Lipinski definition) is 1. The number of aromatic nitrogens is 2. The highest BCUT2D eigenvalue weighted by molar-refractivity contribution is 7.89. The summed E-state index contributed by atoms with van der Waals surface area (Å²) in [6.07, 6.45) is 2.25. The van der Waals surface area contributed by atoms with Gasteiger partial charge in [0.25, 0.3) is 5.91 Å². The van der Waals surface area contributed by atoms with Crippen molar-refractivity contribution >= 4 is 21.6 Å².